The number of aryl methyl sites for hydroxylation is 2. The van der Waals surface area contributed by atoms with E-state index < -0.39 is 12.1 Å². The standard InChI is InChI=1S/C18H34N2O4.C17H22N2O4.C15H22N4O4.C15H20N2O3.C15H21NO2.C14H19NO3.C14H18NO2.Na.H2O/c1-13(21)9-5-7-11-19-15(3)18(24)20(16(4)17(19)23)12-8-6-10-14(2)22;1-13(23-14(2)20)8-6-7-11-18-12-16(21)19(17(18)22)15-9-4-3-5-10-15;1-10-9-16-13-17(4)14(21)18(15(22)19(10)13)8-6-5-7-11(2)23-12(3)20;1-12(18)7-5-6-10-16-11-14(19)17(15(16)20)13-8-3-2-4-9-13;1-12(2)7-5-6-10-16-13-8-3-4-9-14(13)18-11-15(16)17;1-11(16)6-4-5-9-15-12-7-2-3-8-13(12)18-10-14(15)17;1-2-3-4-7-10-15-12-8-5-6-9-13(12)17-11-14(15)16;;/h13-16,21-22H,5-12H2,1-4H3;3-5,9-10,13H,6-8,11-12H2,1-2H3;9,11H,5-8H2,1-4H3;2-4,8-9,12,18H,5-7,10-11H2,1H3;3-4,8-9,12H,5-7,10-11H2,1-2H3;2-3,7-8,11,16H,4-6,9-10H2,1H3;2,5-6,8-9H,3-4,7,10-11H2,1H3;;1H2/q;;;;;;-1;+1;/p-1/t13-,14-,15?,16?;13-;11-;12-;;11-;;;/m1111.1.../s1. The number of anilines is 5. The van der Waals surface area contributed by atoms with Crippen molar-refractivity contribution in [2.24, 2.45) is 13.0 Å². The van der Waals surface area contributed by atoms with Crippen LogP contribution < -0.4 is 79.6 Å². The summed E-state index contributed by atoms with van der Waals surface area (Å²) in [6.45, 7) is 30.9. The number of hydrogen-bond donors (Lipinski definition) is 4. The van der Waals surface area contributed by atoms with Gasteiger partial charge in [-0.25, -0.2) is 42.9 Å². The largest absolute Gasteiger partial charge is 1.00 e. The smallest absolute Gasteiger partial charge is 0.870 e. The van der Waals surface area contributed by atoms with Crippen LogP contribution >= 0.6 is 0 Å². The Kier molecular flexibility index (Phi) is 55.9. The molecule has 5 N–H and O–H groups in total. The Bertz CT molecular complexity index is 5190. The summed E-state index contributed by atoms with van der Waals surface area (Å²) in [5, 5.41) is 37.0. The Morgan fingerprint density at radius 1 is 0.414 bits per heavy atom. The van der Waals surface area contributed by atoms with E-state index in [0.29, 0.717) is 75.0 Å². The van der Waals surface area contributed by atoms with Gasteiger partial charge in [0.15, 0.2) is 19.8 Å². The zero-order chi connectivity index (χ0) is 105. The van der Waals surface area contributed by atoms with E-state index in [1.165, 1.54) is 50.0 Å². The van der Waals surface area contributed by atoms with Crippen LogP contribution in [0.5, 0.6) is 17.2 Å². The summed E-state index contributed by atoms with van der Waals surface area (Å²) in [5.41, 5.74) is 3.85. The number of ether oxygens (including phenoxy) is 5. The number of aliphatic hydroxyl groups excluding tert-OH is 4. The van der Waals surface area contributed by atoms with Gasteiger partial charge < -0.3 is 90.3 Å². The minimum Gasteiger partial charge on any atom is -0.870 e. The molecular formula is C108H157N13NaO23-. The number of unbranched alkanes of at least 4 members (excludes halogenated alkanes) is 10. The van der Waals surface area contributed by atoms with Crippen LogP contribution in [0.4, 0.5) is 38.0 Å². The molecule has 0 spiro atoms. The van der Waals surface area contributed by atoms with Gasteiger partial charge >= 0.3 is 64.9 Å². The molecule has 0 saturated carbocycles. The second-order valence-electron chi connectivity index (χ2n) is 37.7. The summed E-state index contributed by atoms with van der Waals surface area (Å²) in [6, 6.07) is 39.6. The first-order chi connectivity index (χ1) is 68.3. The average molecular weight is 2030 g/mol. The Hall–Kier alpha value is -11.4. The van der Waals surface area contributed by atoms with Gasteiger partial charge in [0.1, 0.15) is 42.4 Å². The van der Waals surface area contributed by atoms with Crippen molar-refractivity contribution in [1.82, 2.24) is 38.1 Å². The number of carbonyl (C=O) groups is 11. The van der Waals surface area contributed by atoms with Gasteiger partial charge in [-0.15, -0.1) is 0 Å². The van der Waals surface area contributed by atoms with E-state index in [2.05, 4.69) is 32.2 Å². The van der Waals surface area contributed by atoms with E-state index in [4.69, 9.17) is 23.7 Å². The Morgan fingerprint density at radius 3 is 1.08 bits per heavy atom. The quantitative estimate of drug-likeness (QED) is 0.00906. The van der Waals surface area contributed by atoms with E-state index in [1.807, 2.05) is 109 Å². The third-order valence-electron chi connectivity index (χ3n) is 24.8. The van der Waals surface area contributed by atoms with Crippen molar-refractivity contribution in [2.45, 2.75) is 306 Å². The van der Waals surface area contributed by atoms with Crippen molar-refractivity contribution >= 4 is 99.6 Å². The van der Waals surface area contributed by atoms with Crippen LogP contribution in [0, 0.1) is 19.3 Å². The third-order valence-corrected chi connectivity index (χ3v) is 24.8. The number of nitrogens with zero attached hydrogens (tertiary/aromatic N) is 13. The number of fused-ring (bicyclic) bond motifs is 4. The summed E-state index contributed by atoms with van der Waals surface area (Å²) in [7, 11) is 1.60. The average Bonchev–Trinajstić information content (AvgIpc) is 1.64. The number of urea groups is 2. The Morgan fingerprint density at radius 2 is 0.731 bits per heavy atom. The fourth-order valence-electron chi connectivity index (χ4n) is 17.1. The molecule has 11 amide bonds. The Labute approximate surface area is 876 Å². The molecule has 13 rings (SSSR count). The van der Waals surface area contributed by atoms with Crippen molar-refractivity contribution in [3.8, 4) is 17.2 Å². The van der Waals surface area contributed by atoms with Crippen LogP contribution in [0.3, 0.4) is 0 Å². The maximum Gasteiger partial charge on any atom is 1.00 e. The molecule has 0 bridgehead atoms. The molecule has 6 aliphatic heterocycles. The molecule has 6 aliphatic rings. The zero-order valence-electron chi connectivity index (χ0n) is 88.1. The number of amides is 11. The van der Waals surface area contributed by atoms with Crippen LogP contribution in [-0.2, 0) is 66.2 Å². The van der Waals surface area contributed by atoms with Gasteiger partial charge in [-0.3, -0.25) is 47.7 Å². The molecule has 0 aliphatic carbocycles. The molecule has 3 fully saturated rings. The van der Waals surface area contributed by atoms with E-state index >= 15 is 0 Å². The fourth-order valence-corrected chi connectivity index (χ4v) is 17.1. The molecule has 145 heavy (non-hydrogen) atoms. The first-order valence-corrected chi connectivity index (χ1v) is 50.8. The predicted molar refractivity (Wildman–Crippen MR) is 553 cm³/mol. The monoisotopic (exact) mass is 2030 g/mol. The van der Waals surface area contributed by atoms with Gasteiger partial charge in [0.25, 0.3) is 29.5 Å². The van der Waals surface area contributed by atoms with Crippen molar-refractivity contribution in [2.75, 3.05) is 103 Å². The van der Waals surface area contributed by atoms with E-state index in [0.717, 1.165) is 182 Å². The molecule has 0 radical (unpaired) electrons. The number of imide groups is 2. The third kappa shape index (κ3) is 40.4. The van der Waals surface area contributed by atoms with Gasteiger partial charge in [-0.1, -0.05) is 106 Å². The molecule has 2 aromatic heterocycles. The number of esters is 2. The summed E-state index contributed by atoms with van der Waals surface area (Å²) < 4.78 is 30.3. The number of hydrogen-bond acceptors (Lipinski definition) is 24. The van der Waals surface area contributed by atoms with Gasteiger partial charge in [0, 0.05) is 78.9 Å². The molecule has 8 atom stereocenters. The number of aliphatic hydroxyl groups is 4. The number of carbonyl (C=O) groups excluding carboxylic acids is 11. The zero-order valence-corrected chi connectivity index (χ0v) is 90.1. The number of para-hydroxylation sites is 8. The molecule has 36 nitrogen and oxygen atoms in total. The summed E-state index contributed by atoms with van der Waals surface area (Å²) in [6.07, 6.45) is 23.1. The predicted octanol–water partition coefficient (Wildman–Crippen LogP) is 11.6. The van der Waals surface area contributed by atoms with Crippen LogP contribution in [-0.4, -0.2) is 257 Å². The first kappa shape index (κ1) is 124. The SMILES string of the molecule is CC(=O)O[C@H](C)CCCCN1CC(=O)N(c2ccccc2)C1=O.CC(=O)O[C@H](C)CCCCn1c(=O)n(C)c2ncc(C)n2c1=O.CC(C)CCCCN1C(=O)COc2ccccc21.CC1C(=O)N(CCCC[C@@H](C)O)C(C)C(=O)N1CCCC[C@@H](C)O.C[C@@H](O)CCCCN1C(=O)COc2ccccc21.C[C@@H](O)CCCCN1CC(=O)N(c2ccccc2)C1=O.C[CH-]CCCCN1C(=O)COc2ccccc21.[Na+].[OH-]. The summed E-state index contributed by atoms with van der Waals surface area (Å²) in [4.78, 5) is 174. The molecule has 2 unspecified atom stereocenters. The molecular weight excluding hydrogens is 1870 g/mol. The normalized spacial score (nSPS) is 16.4. The molecule has 3 saturated heterocycles. The van der Waals surface area contributed by atoms with Crippen LogP contribution in [0.25, 0.3) is 5.78 Å². The van der Waals surface area contributed by atoms with Crippen LogP contribution in [0.15, 0.2) is 149 Å². The number of aromatic nitrogens is 4. The molecule has 7 aromatic rings. The van der Waals surface area contributed by atoms with Crippen molar-refractivity contribution < 1.29 is 132 Å². The van der Waals surface area contributed by atoms with Gasteiger partial charge in [-0.2, -0.15) is 13.3 Å². The van der Waals surface area contributed by atoms with E-state index in [9.17, 15) is 82.8 Å². The topological polar surface area (TPSA) is 435 Å². The molecule has 8 heterocycles. The van der Waals surface area contributed by atoms with Crippen molar-refractivity contribution in [3.05, 3.63) is 173 Å². The number of benzene rings is 5. The van der Waals surface area contributed by atoms with Crippen LogP contribution in [0.1, 0.15) is 250 Å². The second kappa shape index (κ2) is 65.3. The second-order valence-corrected chi connectivity index (χ2v) is 37.7. The molecule has 5 aromatic carbocycles. The van der Waals surface area contributed by atoms with Gasteiger partial charge in [0.05, 0.1) is 71.3 Å². The minimum atomic E-state index is -0.419. The van der Waals surface area contributed by atoms with Gasteiger partial charge in [0.2, 0.25) is 17.6 Å². The van der Waals surface area contributed by atoms with Crippen molar-refractivity contribution in [3.63, 3.8) is 0 Å². The number of imidazole rings is 1. The fraction of sp³-hybridized carbons (Fsp3) is 0.565. The maximum atomic E-state index is 12.6. The summed E-state index contributed by atoms with van der Waals surface area (Å²) in [5.74, 6) is 2.67. The van der Waals surface area contributed by atoms with Crippen molar-refractivity contribution in [1.29, 1.82) is 0 Å². The van der Waals surface area contributed by atoms with E-state index in [-0.39, 0.29) is 181 Å². The van der Waals surface area contributed by atoms with Gasteiger partial charge in [-0.05, 0) is 257 Å². The summed E-state index contributed by atoms with van der Waals surface area (Å²) >= 11 is 0. The molecule has 37 heteroatoms. The van der Waals surface area contributed by atoms with E-state index in [1.54, 1.807) is 135 Å². The Balaban J connectivity index is 0.000000298. The molecule has 794 valence electrons. The first-order valence-electron chi connectivity index (χ1n) is 50.8. The maximum absolute atomic E-state index is 12.6. The number of rotatable bonds is 44. The minimum absolute atomic E-state index is 0. The number of piperazine rings is 1. The van der Waals surface area contributed by atoms with Crippen LogP contribution in [0.2, 0.25) is 0 Å².